The van der Waals surface area contributed by atoms with Crippen LogP contribution in [0.5, 0.6) is 5.75 Å². The molecule has 0 spiro atoms. The summed E-state index contributed by atoms with van der Waals surface area (Å²) >= 11 is 0. The number of hydrogen-bond acceptors (Lipinski definition) is 3. The molecule has 1 rings (SSSR count). The SMILES string of the molecule is CCCCCOc1ccc(NCC(C)N)cc1. The van der Waals surface area contributed by atoms with Crippen molar-refractivity contribution in [2.45, 2.75) is 39.2 Å². The molecule has 1 unspecified atom stereocenters. The number of ether oxygens (including phenoxy) is 1. The molecule has 1 aromatic rings. The van der Waals surface area contributed by atoms with Crippen molar-refractivity contribution < 1.29 is 4.74 Å². The second-order valence-electron chi connectivity index (χ2n) is 4.44. The Morgan fingerprint density at radius 2 is 1.94 bits per heavy atom. The molecule has 3 heteroatoms. The average molecular weight is 236 g/mol. The average Bonchev–Trinajstić information content (AvgIpc) is 2.33. The van der Waals surface area contributed by atoms with Crippen LogP contribution in [0.1, 0.15) is 33.1 Å². The molecule has 0 radical (unpaired) electrons. The summed E-state index contributed by atoms with van der Waals surface area (Å²) in [6.45, 7) is 5.77. The lowest BCUT2D eigenvalue weighted by molar-refractivity contribution is 0.306. The van der Waals surface area contributed by atoms with Gasteiger partial charge < -0.3 is 15.8 Å². The summed E-state index contributed by atoms with van der Waals surface area (Å²) in [7, 11) is 0. The lowest BCUT2D eigenvalue weighted by Crippen LogP contribution is -2.25. The highest BCUT2D eigenvalue weighted by molar-refractivity contribution is 5.46. The molecule has 3 nitrogen and oxygen atoms in total. The first-order valence-electron chi connectivity index (χ1n) is 6.44. The highest BCUT2D eigenvalue weighted by atomic mass is 16.5. The van der Waals surface area contributed by atoms with Crippen molar-refractivity contribution >= 4 is 5.69 Å². The zero-order chi connectivity index (χ0) is 12.5. The topological polar surface area (TPSA) is 47.3 Å². The molecular formula is C14H24N2O. The monoisotopic (exact) mass is 236 g/mol. The molecule has 0 aromatic heterocycles. The van der Waals surface area contributed by atoms with Gasteiger partial charge in [0.2, 0.25) is 0 Å². The normalized spacial score (nSPS) is 12.2. The van der Waals surface area contributed by atoms with Crippen LogP contribution in [0.4, 0.5) is 5.69 Å². The fraction of sp³-hybridized carbons (Fsp3) is 0.571. The van der Waals surface area contributed by atoms with Crippen molar-refractivity contribution in [3.8, 4) is 5.75 Å². The highest BCUT2D eigenvalue weighted by Gasteiger charge is 1.97. The maximum absolute atomic E-state index is 5.68. The minimum Gasteiger partial charge on any atom is -0.494 e. The second kappa shape index (κ2) is 7.96. The maximum atomic E-state index is 5.68. The number of unbranched alkanes of at least 4 members (excludes halogenated alkanes) is 2. The predicted octanol–water partition coefficient (Wildman–Crippen LogP) is 3.01. The number of anilines is 1. The smallest absolute Gasteiger partial charge is 0.119 e. The highest BCUT2D eigenvalue weighted by Crippen LogP contribution is 2.15. The number of nitrogens with one attached hydrogen (secondary N) is 1. The Morgan fingerprint density at radius 3 is 2.53 bits per heavy atom. The van der Waals surface area contributed by atoms with Crippen molar-refractivity contribution in [2.24, 2.45) is 5.73 Å². The molecule has 96 valence electrons. The third-order valence-corrected chi connectivity index (χ3v) is 2.50. The Hall–Kier alpha value is -1.22. The van der Waals surface area contributed by atoms with Crippen molar-refractivity contribution in [1.82, 2.24) is 0 Å². The fourth-order valence-corrected chi connectivity index (χ4v) is 1.49. The maximum Gasteiger partial charge on any atom is 0.119 e. The van der Waals surface area contributed by atoms with Gasteiger partial charge in [-0.3, -0.25) is 0 Å². The molecular weight excluding hydrogens is 212 g/mol. The summed E-state index contributed by atoms with van der Waals surface area (Å²) in [5.41, 5.74) is 6.76. The summed E-state index contributed by atoms with van der Waals surface area (Å²) in [5.74, 6) is 0.937. The van der Waals surface area contributed by atoms with Gasteiger partial charge in [0.15, 0.2) is 0 Å². The summed E-state index contributed by atoms with van der Waals surface area (Å²) in [5, 5.41) is 3.27. The summed E-state index contributed by atoms with van der Waals surface area (Å²) in [6, 6.07) is 8.21. The zero-order valence-corrected chi connectivity index (χ0v) is 10.9. The summed E-state index contributed by atoms with van der Waals surface area (Å²) in [4.78, 5) is 0. The third kappa shape index (κ3) is 6.17. The minimum absolute atomic E-state index is 0.167. The van der Waals surface area contributed by atoms with E-state index in [1.165, 1.54) is 12.8 Å². The summed E-state index contributed by atoms with van der Waals surface area (Å²) in [6.07, 6.45) is 3.58. The van der Waals surface area contributed by atoms with Crippen LogP contribution in [-0.4, -0.2) is 19.2 Å². The van der Waals surface area contributed by atoms with Gasteiger partial charge in [0.1, 0.15) is 5.75 Å². The Balaban J connectivity index is 2.29. The molecule has 17 heavy (non-hydrogen) atoms. The van der Waals surface area contributed by atoms with Crippen LogP contribution in [0.15, 0.2) is 24.3 Å². The molecule has 0 saturated heterocycles. The first-order chi connectivity index (χ1) is 8.22. The van der Waals surface area contributed by atoms with Gasteiger partial charge in [0.25, 0.3) is 0 Å². The first-order valence-corrected chi connectivity index (χ1v) is 6.44. The van der Waals surface area contributed by atoms with E-state index in [4.69, 9.17) is 10.5 Å². The largest absolute Gasteiger partial charge is 0.494 e. The van der Waals surface area contributed by atoms with E-state index >= 15 is 0 Å². The molecule has 3 N–H and O–H groups in total. The van der Waals surface area contributed by atoms with E-state index in [1.54, 1.807) is 0 Å². The van der Waals surface area contributed by atoms with Gasteiger partial charge in [-0.2, -0.15) is 0 Å². The van der Waals surface area contributed by atoms with Gasteiger partial charge in [-0.05, 0) is 37.6 Å². The number of hydrogen-bond donors (Lipinski definition) is 2. The van der Waals surface area contributed by atoms with E-state index in [-0.39, 0.29) is 6.04 Å². The van der Waals surface area contributed by atoms with Gasteiger partial charge in [-0.15, -0.1) is 0 Å². The third-order valence-electron chi connectivity index (χ3n) is 2.50. The molecule has 0 saturated carbocycles. The number of benzene rings is 1. The molecule has 0 fully saturated rings. The van der Waals surface area contributed by atoms with E-state index in [0.29, 0.717) is 0 Å². The van der Waals surface area contributed by atoms with E-state index < -0.39 is 0 Å². The second-order valence-corrected chi connectivity index (χ2v) is 4.44. The van der Waals surface area contributed by atoms with Crippen molar-refractivity contribution in [3.05, 3.63) is 24.3 Å². The van der Waals surface area contributed by atoms with Crippen LogP contribution in [-0.2, 0) is 0 Å². The molecule has 0 aliphatic carbocycles. The predicted molar refractivity (Wildman–Crippen MR) is 73.6 cm³/mol. The molecule has 0 aliphatic heterocycles. The number of rotatable bonds is 8. The van der Waals surface area contributed by atoms with E-state index in [9.17, 15) is 0 Å². The molecule has 1 aromatic carbocycles. The van der Waals surface area contributed by atoms with Crippen molar-refractivity contribution in [1.29, 1.82) is 0 Å². The Kier molecular flexibility index (Phi) is 6.48. The quantitative estimate of drug-likeness (QED) is 0.682. The lowest BCUT2D eigenvalue weighted by Gasteiger charge is -2.10. The Morgan fingerprint density at radius 1 is 1.24 bits per heavy atom. The number of nitrogens with two attached hydrogens (primary N) is 1. The van der Waals surface area contributed by atoms with Crippen LogP contribution in [0.2, 0.25) is 0 Å². The van der Waals surface area contributed by atoms with Crippen LogP contribution in [0.3, 0.4) is 0 Å². The lowest BCUT2D eigenvalue weighted by atomic mass is 10.2. The molecule has 0 heterocycles. The molecule has 0 amide bonds. The van der Waals surface area contributed by atoms with Crippen LogP contribution in [0, 0.1) is 0 Å². The van der Waals surface area contributed by atoms with Gasteiger partial charge in [0.05, 0.1) is 6.61 Å². The first kappa shape index (κ1) is 13.8. The van der Waals surface area contributed by atoms with E-state index in [0.717, 1.165) is 31.0 Å². The fourth-order valence-electron chi connectivity index (χ4n) is 1.49. The van der Waals surface area contributed by atoms with Crippen LogP contribution >= 0.6 is 0 Å². The zero-order valence-electron chi connectivity index (χ0n) is 10.9. The summed E-state index contributed by atoms with van der Waals surface area (Å²) < 4.78 is 5.64. The standard InChI is InChI=1S/C14H24N2O/c1-3-4-5-10-17-14-8-6-13(7-9-14)16-11-12(2)15/h6-9,12,16H,3-5,10-11,15H2,1-2H3. The Bertz CT molecular complexity index is 296. The van der Waals surface area contributed by atoms with Crippen LogP contribution < -0.4 is 15.8 Å². The van der Waals surface area contributed by atoms with E-state index in [2.05, 4.69) is 12.2 Å². The minimum atomic E-state index is 0.167. The van der Waals surface area contributed by atoms with Gasteiger partial charge in [-0.1, -0.05) is 19.8 Å². The van der Waals surface area contributed by atoms with Crippen molar-refractivity contribution in [3.63, 3.8) is 0 Å². The molecule has 0 bridgehead atoms. The molecule has 0 aliphatic rings. The van der Waals surface area contributed by atoms with Gasteiger partial charge in [0, 0.05) is 18.3 Å². The van der Waals surface area contributed by atoms with Gasteiger partial charge in [-0.25, -0.2) is 0 Å². The van der Waals surface area contributed by atoms with E-state index in [1.807, 2.05) is 31.2 Å². The van der Waals surface area contributed by atoms with Gasteiger partial charge >= 0.3 is 0 Å². The van der Waals surface area contributed by atoms with Crippen molar-refractivity contribution in [2.75, 3.05) is 18.5 Å². The van der Waals surface area contributed by atoms with Crippen LogP contribution in [0.25, 0.3) is 0 Å². The Labute approximate surface area is 104 Å². The molecule has 1 atom stereocenters.